The van der Waals surface area contributed by atoms with E-state index in [9.17, 15) is 4.79 Å². The molecule has 0 aliphatic heterocycles. The number of carbonyl (C=O) groups is 1. The van der Waals surface area contributed by atoms with Crippen LogP contribution in [-0.2, 0) is 0 Å². The maximum absolute atomic E-state index is 11.8. The van der Waals surface area contributed by atoms with Crippen molar-refractivity contribution < 1.29 is 9.53 Å². The van der Waals surface area contributed by atoms with Crippen LogP contribution >= 0.6 is 0 Å². The first kappa shape index (κ1) is 17.5. The Balaban J connectivity index is 0.00000154. The molecule has 0 fully saturated rings. The van der Waals surface area contributed by atoms with E-state index in [0.29, 0.717) is 17.2 Å². The molecule has 0 aliphatic rings. The molecule has 0 spiro atoms. The van der Waals surface area contributed by atoms with Gasteiger partial charge in [0.1, 0.15) is 5.75 Å². The number of amides is 1. The lowest BCUT2D eigenvalue weighted by atomic mass is 10.1. The van der Waals surface area contributed by atoms with Crippen LogP contribution in [0.2, 0.25) is 0 Å². The van der Waals surface area contributed by atoms with Crippen molar-refractivity contribution >= 4 is 5.91 Å². The van der Waals surface area contributed by atoms with Gasteiger partial charge in [-0.25, -0.2) is 0 Å². The molecule has 0 saturated heterocycles. The Bertz CT molecular complexity index is 362. The van der Waals surface area contributed by atoms with Crippen molar-refractivity contribution in [3.8, 4) is 5.75 Å². The second-order valence-electron chi connectivity index (χ2n) is 4.52. The van der Waals surface area contributed by atoms with Gasteiger partial charge in [0.2, 0.25) is 0 Å². The summed E-state index contributed by atoms with van der Waals surface area (Å²) >= 11 is 0. The van der Waals surface area contributed by atoms with Gasteiger partial charge in [-0.1, -0.05) is 33.8 Å². The molecule has 0 unspecified atom stereocenters. The Morgan fingerprint density at radius 1 is 1.32 bits per heavy atom. The van der Waals surface area contributed by atoms with Crippen LogP contribution in [0, 0.1) is 5.92 Å². The first-order valence-electron chi connectivity index (χ1n) is 7.05. The first-order valence-corrected chi connectivity index (χ1v) is 7.05. The van der Waals surface area contributed by atoms with Crippen molar-refractivity contribution in [2.45, 2.75) is 40.5 Å². The summed E-state index contributed by atoms with van der Waals surface area (Å²) in [6, 6.07) is 7.19. The van der Waals surface area contributed by atoms with Gasteiger partial charge < -0.3 is 10.1 Å². The molecule has 3 nitrogen and oxygen atoms in total. The van der Waals surface area contributed by atoms with Gasteiger partial charge in [-0.3, -0.25) is 4.79 Å². The lowest BCUT2D eigenvalue weighted by Crippen LogP contribution is -2.24. The number of nitrogens with one attached hydrogen (secondary N) is 1. The predicted molar refractivity (Wildman–Crippen MR) is 80.7 cm³/mol. The summed E-state index contributed by atoms with van der Waals surface area (Å²) in [6.07, 6.45) is 2.16. The molecule has 1 aromatic carbocycles. The second-order valence-corrected chi connectivity index (χ2v) is 4.52. The molecule has 1 N–H and O–H groups in total. The Morgan fingerprint density at radius 3 is 2.58 bits per heavy atom. The fourth-order valence-electron chi connectivity index (χ4n) is 1.58. The number of benzene rings is 1. The van der Waals surface area contributed by atoms with Crippen molar-refractivity contribution in [3.05, 3.63) is 29.8 Å². The number of methoxy groups -OCH3 is 1. The molecule has 1 aromatic rings. The van der Waals surface area contributed by atoms with Crippen LogP contribution in [-0.4, -0.2) is 19.6 Å². The minimum Gasteiger partial charge on any atom is -0.497 e. The number of ether oxygens (including phenoxy) is 1. The maximum atomic E-state index is 11.8. The summed E-state index contributed by atoms with van der Waals surface area (Å²) in [6.45, 7) is 9.10. The predicted octanol–water partition coefficient (Wildman–Crippen LogP) is 3.89. The summed E-state index contributed by atoms with van der Waals surface area (Å²) in [5.41, 5.74) is 0.647. The van der Waals surface area contributed by atoms with Crippen molar-refractivity contribution in [1.82, 2.24) is 5.32 Å². The van der Waals surface area contributed by atoms with Gasteiger partial charge in [-0.2, -0.15) is 0 Å². The second kappa shape index (κ2) is 10.4. The lowest BCUT2D eigenvalue weighted by molar-refractivity contribution is 0.0952. The van der Waals surface area contributed by atoms with Crippen LogP contribution in [0.4, 0.5) is 0 Å². The summed E-state index contributed by atoms with van der Waals surface area (Å²) in [5, 5.41) is 2.91. The molecule has 3 heteroatoms. The van der Waals surface area contributed by atoms with Crippen molar-refractivity contribution in [2.24, 2.45) is 5.92 Å². The number of carbonyl (C=O) groups excluding carboxylic acids is 1. The van der Waals surface area contributed by atoms with Crippen LogP contribution < -0.4 is 10.1 Å². The number of hydrogen-bond acceptors (Lipinski definition) is 2. The average Bonchev–Trinajstić information content (AvgIpc) is 2.45. The van der Waals surface area contributed by atoms with E-state index >= 15 is 0 Å². The standard InChI is InChI=1S/C14H21NO2.C2H6/c1-11(2)6-5-9-15-14(16)12-7-4-8-13(10-12)17-3;1-2/h4,7-8,10-11H,5-6,9H2,1-3H3,(H,15,16);1-2H3. The molecule has 19 heavy (non-hydrogen) atoms. The monoisotopic (exact) mass is 265 g/mol. The quantitative estimate of drug-likeness (QED) is 0.792. The summed E-state index contributed by atoms with van der Waals surface area (Å²) < 4.78 is 5.08. The van der Waals surface area contributed by atoms with E-state index in [4.69, 9.17) is 4.74 Å². The minimum atomic E-state index is -0.0346. The molecule has 1 amide bonds. The zero-order valence-electron chi connectivity index (χ0n) is 12.8. The molecule has 0 saturated carbocycles. The van der Waals surface area contributed by atoms with Crippen molar-refractivity contribution in [1.29, 1.82) is 0 Å². The van der Waals surface area contributed by atoms with Gasteiger partial charge in [-0.15, -0.1) is 0 Å². The molecule has 0 atom stereocenters. The topological polar surface area (TPSA) is 38.3 Å². The Hall–Kier alpha value is -1.51. The molecule has 0 heterocycles. The van der Waals surface area contributed by atoms with Crippen LogP contribution in [0.5, 0.6) is 5.75 Å². The Morgan fingerprint density at radius 2 is 2.00 bits per heavy atom. The average molecular weight is 265 g/mol. The van der Waals surface area contributed by atoms with Gasteiger partial charge in [0.25, 0.3) is 5.91 Å². The number of hydrogen-bond donors (Lipinski definition) is 1. The fourth-order valence-corrected chi connectivity index (χ4v) is 1.58. The zero-order chi connectivity index (χ0) is 14.7. The van der Waals surface area contributed by atoms with E-state index in [1.807, 2.05) is 26.0 Å². The van der Waals surface area contributed by atoms with Gasteiger partial charge in [0.15, 0.2) is 0 Å². The van der Waals surface area contributed by atoms with Gasteiger partial charge >= 0.3 is 0 Å². The van der Waals surface area contributed by atoms with Crippen LogP contribution in [0.25, 0.3) is 0 Å². The molecule has 0 bridgehead atoms. The van der Waals surface area contributed by atoms with Gasteiger partial charge in [0, 0.05) is 12.1 Å². The first-order chi connectivity index (χ1) is 9.13. The van der Waals surface area contributed by atoms with Gasteiger partial charge in [0.05, 0.1) is 7.11 Å². The normalized spacial score (nSPS) is 9.58. The summed E-state index contributed by atoms with van der Waals surface area (Å²) in [7, 11) is 1.60. The maximum Gasteiger partial charge on any atom is 0.251 e. The van der Waals surface area contributed by atoms with Crippen molar-refractivity contribution in [3.63, 3.8) is 0 Å². The molecule has 1 rings (SSSR count). The Labute approximate surface area is 117 Å². The third-order valence-corrected chi connectivity index (χ3v) is 2.58. The van der Waals surface area contributed by atoms with E-state index < -0.39 is 0 Å². The highest BCUT2D eigenvalue weighted by molar-refractivity contribution is 5.94. The van der Waals surface area contributed by atoms with Gasteiger partial charge in [-0.05, 0) is 37.0 Å². The fraction of sp³-hybridized carbons (Fsp3) is 0.562. The number of rotatable bonds is 6. The highest BCUT2D eigenvalue weighted by Crippen LogP contribution is 2.12. The summed E-state index contributed by atoms with van der Waals surface area (Å²) in [4.78, 5) is 11.8. The van der Waals surface area contributed by atoms with Crippen LogP contribution in [0.3, 0.4) is 0 Å². The molecule has 108 valence electrons. The van der Waals surface area contributed by atoms with E-state index in [2.05, 4.69) is 19.2 Å². The third-order valence-electron chi connectivity index (χ3n) is 2.58. The van der Waals surface area contributed by atoms with E-state index in [1.165, 1.54) is 0 Å². The highest BCUT2D eigenvalue weighted by Gasteiger charge is 2.05. The van der Waals surface area contributed by atoms with E-state index in [0.717, 1.165) is 19.4 Å². The highest BCUT2D eigenvalue weighted by atomic mass is 16.5. The van der Waals surface area contributed by atoms with E-state index in [1.54, 1.807) is 19.2 Å². The SMILES string of the molecule is CC.COc1cccc(C(=O)NCCCC(C)C)c1. The molecule has 0 aromatic heterocycles. The zero-order valence-corrected chi connectivity index (χ0v) is 12.8. The van der Waals surface area contributed by atoms with Crippen molar-refractivity contribution in [2.75, 3.05) is 13.7 Å². The van der Waals surface area contributed by atoms with E-state index in [-0.39, 0.29) is 5.91 Å². The Kier molecular flexibility index (Phi) is 9.59. The largest absolute Gasteiger partial charge is 0.497 e. The van der Waals surface area contributed by atoms with Crippen LogP contribution in [0.1, 0.15) is 50.9 Å². The third kappa shape index (κ3) is 7.50. The summed E-state index contributed by atoms with van der Waals surface area (Å²) in [5.74, 6) is 1.36. The molecule has 0 aliphatic carbocycles. The molecular weight excluding hydrogens is 238 g/mol. The molecular formula is C16H27NO2. The smallest absolute Gasteiger partial charge is 0.251 e. The minimum absolute atomic E-state index is 0.0346. The lowest BCUT2D eigenvalue weighted by Gasteiger charge is -2.07. The molecule has 0 radical (unpaired) electrons. The van der Waals surface area contributed by atoms with Crippen LogP contribution in [0.15, 0.2) is 24.3 Å².